The van der Waals surface area contributed by atoms with Crippen LogP contribution < -0.4 is 10.2 Å². The molecule has 7 heteroatoms. The van der Waals surface area contributed by atoms with Crippen molar-refractivity contribution in [2.24, 2.45) is 5.10 Å². The number of hydrazone groups is 1. The predicted molar refractivity (Wildman–Crippen MR) is 97.7 cm³/mol. The lowest BCUT2D eigenvalue weighted by atomic mass is 10.1. The minimum absolute atomic E-state index is 0.103. The van der Waals surface area contributed by atoms with Gasteiger partial charge in [-0.2, -0.15) is 5.10 Å². The molecule has 0 saturated carbocycles. The SMILES string of the molecule is COc1ccc(/C=N\NC(=O)c2ccc(Br)cc2)cc1COC(C)=O. The Bertz CT molecular complexity index is 788. The molecule has 2 aromatic carbocycles. The van der Waals surface area contributed by atoms with E-state index in [0.717, 1.165) is 10.0 Å². The number of nitrogens with one attached hydrogen (secondary N) is 1. The summed E-state index contributed by atoms with van der Waals surface area (Å²) >= 11 is 3.31. The Hall–Kier alpha value is -2.67. The summed E-state index contributed by atoms with van der Waals surface area (Å²) in [6, 6.07) is 12.3. The van der Waals surface area contributed by atoms with Gasteiger partial charge in [0.05, 0.1) is 13.3 Å². The lowest BCUT2D eigenvalue weighted by Gasteiger charge is -2.09. The molecular formula is C18H17BrN2O4. The lowest BCUT2D eigenvalue weighted by Crippen LogP contribution is -2.17. The molecule has 0 bridgehead atoms. The van der Waals surface area contributed by atoms with E-state index in [0.29, 0.717) is 16.9 Å². The Kier molecular flexibility index (Phi) is 6.71. The number of ether oxygens (including phenoxy) is 2. The summed E-state index contributed by atoms with van der Waals surface area (Å²) < 4.78 is 11.1. The smallest absolute Gasteiger partial charge is 0.302 e. The van der Waals surface area contributed by atoms with Crippen LogP contribution >= 0.6 is 15.9 Å². The minimum atomic E-state index is -0.372. The van der Waals surface area contributed by atoms with Crippen LogP contribution in [0.15, 0.2) is 52.0 Å². The number of halogens is 1. The maximum Gasteiger partial charge on any atom is 0.302 e. The molecule has 25 heavy (non-hydrogen) atoms. The summed E-state index contributed by atoms with van der Waals surface area (Å²) in [5.41, 5.74) is 4.41. The van der Waals surface area contributed by atoms with Crippen molar-refractivity contribution in [3.05, 3.63) is 63.6 Å². The molecule has 0 aliphatic carbocycles. The van der Waals surface area contributed by atoms with Gasteiger partial charge >= 0.3 is 5.97 Å². The average molecular weight is 405 g/mol. The normalized spacial score (nSPS) is 10.5. The molecule has 0 saturated heterocycles. The van der Waals surface area contributed by atoms with Crippen molar-refractivity contribution in [3.63, 3.8) is 0 Å². The number of hydrogen-bond acceptors (Lipinski definition) is 5. The molecule has 1 N–H and O–H groups in total. The highest BCUT2D eigenvalue weighted by Gasteiger charge is 2.06. The van der Waals surface area contributed by atoms with E-state index >= 15 is 0 Å². The van der Waals surface area contributed by atoms with Crippen LogP contribution in [0.25, 0.3) is 0 Å². The molecule has 2 aromatic rings. The average Bonchev–Trinajstić information content (AvgIpc) is 2.60. The molecule has 0 aromatic heterocycles. The highest BCUT2D eigenvalue weighted by atomic mass is 79.9. The van der Waals surface area contributed by atoms with E-state index in [1.807, 2.05) is 0 Å². The third-order valence-electron chi connectivity index (χ3n) is 3.22. The Morgan fingerprint density at radius 2 is 1.92 bits per heavy atom. The number of amides is 1. The second kappa shape index (κ2) is 8.98. The summed E-state index contributed by atoms with van der Waals surface area (Å²) in [4.78, 5) is 22.9. The van der Waals surface area contributed by atoms with Gasteiger partial charge in [0.2, 0.25) is 0 Å². The van der Waals surface area contributed by atoms with Crippen LogP contribution in [0.4, 0.5) is 0 Å². The molecule has 0 radical (unpaired) electrons. The van der Waals surface area contributed by atoms with Crippen molar-refractivity contribution in [1.29, 1.82) is 0 Å². The zero-order valence-electron chi connectivity index (χ0n) is 13.8. The van der Waals surface area contributed by atoms with Crippen molar-refractivity contribution in [3.8, 4) is 5.75 Å². The molecule has 0 aliphatic rings. The zero-order valence-corrected chi connectivity index (χ0v) is 15.4. The van der Waals surface area contributed by atoms with Crippen LogP contribution in [0.1, 0.15) is 28.4 Å². The number of esters is 1. The van der Waals surface area contributed by atoms with Crippen LogP contribution in [0.5, 0.6) is 5.75 Å². The third kappa shape index (κ3) is 5.72. The van der Waals surface area contributed by atoms with Gasteiger partial charge in [-0.05, 0) is 48.0 Å². The summed E-state index contributed by atoms with van der Waals surface area (Å²) in [5, 5.41) is 3.95. The van der Waals surface area contributed by atoms with E-state index in [9.17, 15) is 9.59 Å². The highest BCUT2D eigenvalue weighted by molar-refractivity contribution is 9.10. The van der Waals surface area contributed by atoms with Gasteiger partial charge in [-0.1, -0.05) is 15.9 Å². The Balaban J connectivity index is 2.04. The van der Waals surface area contributed by atoms with E-state index in [4.69, 9.17) is 9.47 Å². The summed E-state index contributed by atoms with van der Waals surface area (Å²) in [6.45, 7) is 1.45. The molecule has 2 rings (SSSR count). The maximum absolute atomic E-state index is 12.0. The second-order valence-corrected chi connectivity index (χ2v) is 5.97. The number of carbonyl (C=O) groups excluding carboxylic acids is 2. The van der Waals surface area contributed by atoms with Gasteiger partial charge in [0, 0.05) is 22.5 Å². The van der Waals surface area contributed by atoms with Gasteiger partial charge in [-0.25, -0.2) is 5.43 Å². The van der Waals surface area contributed by atoms with Crippen molar-refractivity contribution in [1.82, 2.24) is 5.43 Å². The number of carbonyl (C=O) groups is 2. The van der Waals surface area contributed by atoms with E-state index in [-0.39, 0.29) is 18.5 Å². The lowest BCUT2D eigenvalue weighted by molar-refractivity contribution is -0.142. The molecule has 0 heterocycles. The maximum atomic E-state index is 12.0. The van der Waals surface area contributed by atoms with Gasteiger partial charge in [-0.15, -0.1) is 0 Å². The first-order valence-corrected chi connectivity index (χ1v) is 8.18. The quantitative estimate of drug-likeness (QED) is 0.455. The number of rotatable bonds is 6. The fourth-order valence-electron chi connectivity index (χ4n) is 2.00. The Labute approximate surface area is 154 Å². The molecule has 0 fully saturated rings. The topological polar surface area (TPSA) is 77.0 Å². The molecule has 0 unspecified atom stereocenters. The van der Waals surface area contributed by atoms with Crippen molar-refractivity contribution in [2.45, 2.75) is 13.5 Å². The number of hydrogen-bond donors (Lipinski definition) is 1. The monoisotopic (exact) mass is 404 g/mol. The van der Waals surface area contributed by atoms with Crippen LogP contribution in [0.3, 0.4) is 0 Å². The number of benzene rings is 2. The minimum Gasteiger partial charge on any atom is -0.496 e. The highest BCUT2D eigenvalue weighted by Crippen LogP contribution is 2.20. The summed E-state index contributed by atoms with van der Waals surface area (Å²) in [5.74, 6) is -0.0717. The fourth-order valence-corrected chi connectivity index (χ4v) is 2.27. The van der Waals surface area contributed by atoms with Crippen LogP contribution in [0, 0.1) is 0 Å². The van der Waals surface area contributed by atoms with Crippen molar-refractivity contribution < 1.29 is 19.1 Å². The van der Waals surface area contributed by atoms with Crippen LogP contribution in [-0.4, -0.2) is 25.2 Å². The first kappa shape index (κ1) is 18.7. The van der Waals surface area contributed by atoms with Gasteiger partial charge in [-0.3, -0.25) is 9.59 Å². The Morgan fingerprint density at radius 1 is 1.20 bits per heavy atom. The van der Waals surface area contributed by atoms with Crippen molar-refractivity contribution >= 4 is 34.0 Å². The predicted octanol–water partition coefficient (Wildman–Crippen LogP) is 3.28. The molecule has 1 amide bonds. The van der Waals surface area contributed by atoms with E-state index in [2.05, 4.69) is 26.5 Å². The molecule has 130 valence electrons. The van der Waals surface area contributed by atoms with Gasteiger partial charge in [0.15, 0.2) is 0 Å². The first-order chi connectivity index (χ1) is 12.0. The first-order valence-electron chi connectivity index (χ1n) is 7.39. The van der Waals surface area contributed by atoms with Gasteiger partial charge < -0.3 is 9.47 Å². The number of methoxy groups -OCH3 is 1. The molecule has 0 atom stereocenters. The largest absolute Gasteiger partial charge is 0.496 e. The molecule has 6 nitrogen and oxygen atoms in total. The Morgan fingerprint density at radius 3 is 2.56 bits per heavy atom. The number of nitrogens with zero attached hydrogens (tertiary/aromatic N) is 1. The van der Waals surface area contributed by atoms with Crippen LogP contribution in [-0.2, 0) is 16.1 Å². The summed E-state index contributed by atoms with van der Waals surface area (Å²) in [7, 11) is 1.54. The van der Waals surface area contributed by atoms with E-state index in [1.54, 1.807) is 49.6 Å². The molecule has 0 spiro atoms. The second-order valence-electron chi connectivity index (χ2n) is 5.06. The van der Waals surface area contributed by atoms with E-state index < -0.39 is 0 Å². The zero-order chi connectivity index (χ0) is 18.2. The van der Waals surface area contributed by atoms with Crippen molar-refractivity contribution in [2.75, 3.05) is 7.11 Å². The standard InChI is InChI=1S/C18H17BrN2O4/c1-12(22)25-11-15-9-13(3-8-17(15)24-2)10-20-21-18(23)14-4-6-16(19)7-5-14/h3-10H,11H2,1-2H3,(H,21,23)/b20-10-. The third-order valence-corrected chi connectivity index (χ3v) is 3.75. The van der Waals surface area contributed by atoms with Crippen LogP contribution in [0.2, 0.25) is 0 Å². The molecule has 0 aliphatic heterocycles. The molecular weight excluding hydrogens is 388 g/mol. The fraction of sp³-hybridized carbons (Fsp3) is 0.167. The van der Waals surface area contributed by atoms with Gasteiger partial charge in [0.25, 0.3) is 5.91 Å². The van der Waals surface area contributed by atoms with E-state index in [1.165, 1.54) is 13.1 Å². The van der Waals surface area contributed by atoms with Gasteiger partial charge in [0.1, 0.15) is 12.4 Å². The summed E-state index contributed by atoms with van der Waals surface area (Å²) in [6.07, 6.45) is 1.51.